The molecule has 248 valence electrons. The third-order valence-electron chi connectivity index (χ3n) is 16.2. The van der Waals surface area contributed by atoms with Crippen molar-refractivity contribution in [3.8, 4) is 0 Å². The van der Waals surface area contributed by atoms with Crippen molar-refractivity contribution in [2.24, 2.45) is 45.8 Å². The van der Waals surface area contributed by atoms with Crippen LogP contribution in [0.25, 0.3) is 0 Å². The summed E-state index contributed by atoms with van der Waals surface area (Å²) in [5, 5.41) is 17.4. The number of nitrogens with one attached hydrogen (secondary N) is 2. The minimum atomic E-state index is -0.853. The molecule has 1 unspecified atom stereocenters. The largest absolute Gasteiger partial charge is 0.478 e. The highest BCUT2D eigenvalue weighted by molar-refractivity contribution is 5.87. The van der Waals surface area contributed by atoms with Crippen molar-refractivity contribution in [2.45, 2.75) is 128 Å². The molecule has 5 aliphatic carbocycles. The first-order valence-electron chi connectivity index (χ1n) is 18.2. The van der Waals surface area contributed by atoms with E-state index in [0.717, 1.165) is 19.3 Å². The van der Waals surface area contributed by atoms with Gasteiger partial charge in [-0.3, -0.25) is 4.79 Å². The maximum atomic E-state index is 13.3. The maximum absolute atomic E-state index is 13.3. The van der Waals surface area contributed by atoms with Crippen LogP contribution in [0.4, 0.5) is 0 Å². The highest BCUT2D eigenvalue weighted by Crippen LogP contribution is 2.80. The number of benzene rings is 1. The second-order valence-electron chi connectivity index (χ2n) is 18.2. The summed E-state index contributed by atoms with van der Waals surface area (Å²) in [5.41, 5.74) is 2.61. The van der Waals surface area contributed by atoms with Gasteiger partial charge in [-0.15, -0.1) is 0 Å². The lowest BCUT2D eigenvalue weighted by molar-refractivity contribution is -0.214. The molecule has 1 spiro atoms. The predicted molar refractivity (Wildman–Crippen MR) is 179 cm³/mol. The summed E-state index contributed by atoms with van der Waals surface area (Å²) in [6, 6.07) is 7.74. The van der Waals surface area contributed by atoms with E-state index in [1.165, 1.54) is 50.5 Å². The summed E-state index contributed by atoms with van der Waals surface area (Å²) in [7, 11) is 4.00. The molecule has 7 rings (SSSR count). The molecule has 11 atom stereocenters. The van der Waals surface area contributed by atoms with Crippen molar-refractivity contribution in [2.75, 3.05) is 20.6 Å². The molecule has 1 aromatic rings. The Morgan fingerprint density at radius 1 is 0.889 bits per heavy atom. The van der Waals surface area contributed by atoms with Gasteiger partial charge in [-0.25, -0.2) is 4.79 Å². The smallest absolute Gasteiger partial charge is 0.335 e. The molecule has 6 aliphatic rings. The maximum Gasteiger partial charge on any atom is 0.335 e. The van der Waals surface area contributed by atoms with Crippen LogP contribution in [-0.4, -0.2) is 59.1 Å². The molecule has 6 nitrogen and oxygen atoms in total. The molecule has 6 fully saturated rings. The number of carboxylic acids is 1. The zero-order chi connectivity index (χ0) is 32.4. The fourth-order valence-electron chi connectivity index (χ4n) is 13.9. The van der Waals surface area contributed by atoms with Crippen LogP contribution in [0.2, 0.25) is 0 Å². The van der Waals surface area contributed by atoms with Crippen LogP contribution >= 0.6 is 0 Å². The molecule has 6 heteroatoms. The summed E-state index contributed by atoms with van der Waals surface area (Å²) >= 11 is 0. The monoisotopic (exact) mass is 617 g/mol. The Kier molecular flexibility index (Phi) is 7.07. The van der Waals surface area contributed by atoms with Crippen LogP contribution in [0.15, 0.2) is 24.3 Å². The topological polar surface area (TPSA) is 91.6 Å². The summed E-state index contributed by atoms with van der Waals surface area (Å²) in [6.07, 6.45) is 12.2. The first-order valence-corrected chi connectivity index (χ1v) is 18.2. The van der Waals surface area contributed by atoms with Gasteiger partial charge in [0.05, 0.1) is 12.1 Å². The Balaban J connectivity index is 1.20. The van der Waals surface area contributed by atoms with Crippen LogP contribution in [0.3, 0.4) is 0 Å². The number of carboxylic acid groups (broad SMARTS) is 1. The SMILES string of the molecule is CC(C)[C@@H]1CC[C@]2(NC(=O)CN(C)C)CC[C@]3(C)[C@H](CC[C@H]4[C@@]3(C)CC[C@@]35NC3(C)[C@@H](c3ccc(C(=O)O)cc3)CC[C@]45C)[C@@H]12. The average molecular weight is 618 g/mol. The Labute approximate surface area is 271 Å². The molecule has 0 aromatic heterocycles. The quantitative estimate of drug-likeness (QED) is 0.297. The molecule has 3 N–H and O–H groups in total. The fourth-order valence-corrected chi connectivity index (χ4v) is 13.9. The van der Waals surface area contributed by atoms with Gasteiger partial charge in [-0.1, -0.05) is 46.8 Å². The van der Waals surface area contributed by atoms with Crippen molar-refractivity contribution in [1.82, 2.24) is 15.5 Å². The minimum Gasteiger partial charge on any atom is -0.478 e. The molecule has 45 heavy (non-hydrogen) atoms. The first kappa shape index (κ1) is 31.7. The van der Waals surface area contributed by atoms with Crippen LogP contribution in [0.1, 0.15) is 128 Å². The lowest BCUT2D eigenvalue weighted by Crippen LogP contribution is -2.70. The number of fused-ring (bicyclic) bond motifs is 6. The summed E-state index contributed by atoms with van der Waals surface area (Å²) in [6.45, 7) is 15.9. The van der Waals surface area contributed by atoms with Gasteiger partial charge in [-0.2, -0.15) is 0 Å². The average Bonchev–Trinajstić information content (AvgIpc) is 3.44. The number of likely N-dealkylation sites (N-methyl/N-ethyl adjacent to an activating group) is 1. The predicted octanol–water partition coefficient (Wildman–Crippen LogP) is 7.09. The van der Waals surface area contributed by atoms with Crippen molar-refractivity contribution < 1.29 is 14.7 Å². The van der Waals surface area contributed by atoms with E-state index >= 15 is 0 Å². The molecule has 1 saturated heterocycles. The van der Waals surface area contributed by atoms with E-state index in [0.29, 0.717) is 47.6 Å². The van der Waals surface area contributed by atoms with Crippen molar-refractivity contribution in [1.29, 1.82) is 0 Å². The molecule has 1 amide bonds. The Hall–Kier alpha value is -1.92. The highest BCUT2D eigenvalue weighted by atomic mass is 16.4. The van der Waals surface area contributed by atoms with Gasteiger partial charge in [0.2, 0.25) is 5.91 Å². The molecule has 5 saturated carbocycles. The van der Waals surface area contributed by atoms with Crippen molar-refractivity contribution in [3.63, 3.8) is 0 Å². The Bertz CT molecular complexity index is 1380. The minimum absolute atomic E-state index is 0.0416. The highest BCUT2D eigenvalue weighted by Gasteiger charge is 2.82. The van der Waals surface area contributed by atoms with E-state index in [9.17, 15) is 14.7 Å². The molecule has 1 heterocycles. The summed E-state index contributed by atoms with van der Waals surface area (Å²) < 4.78 is 0. The van der Waals surface area contributed by atoms with Crippen LogP contribution < -0.4 is 10.6 Å². The molecular formula is C39H59N3O3. The van der Waals surface area contributed by atoms with Gasteiger partial charge in [-0.05, 0) is 149 Å². The number of carbonyl (C=O) groups is 2. The number of rotatable bonds is 6. The summed E-state index contributed by atoms with van der Waals surface area (Å²) in [5.74, 6) is 2.98. The number of hydrogen-bond donors (Lipinski definition) is 3. The molecule has 0 bridgehead atoms. The number of hydrogen-bond acceptors (Lipinski definition) is 4. The molecular weight excluding hydrogens is 558 g/mol. The van der Waals surface area contributed by atoms with Gasteiger partial charge < -0.3 is 20.6 Å². The molecule has 0 radical (unpaired) electrons. The second kappa shape index (κ2) is 10.0. The fraction of sp³-hybridized carbons (Fsp3) is 0.795. The van der Waals surface area contributed by atoms with E-state index < -0.39 is 5.97 Å². The lowest BCUT2D eigenvalue weighted by Gasteiger charge is -2.72. The van der Waals surface area contributed by atoms with Crippen LogP contribution in [0.5, 0.6) is 0 Å². The standard InChI is InChI=1S/C39H59N3O3/c1-24(2)27-15-18-38(40-31(43)23-42(7)8)21-19-34(3)29(32(27)38)13-14-30-35(34,4)20-22-39-36(30,5)17-16-28(37(39,6)41-39)25-9-11-26(12-10-25)33(44)45/h9-12,24,27-30,32,41H,13-23H2,1-8H3,(H,40,43)(H,44,45)/t27-,28+,29+,30-,32+,34+,35+,36+,37?,38-,39-/m0/s1. The van der Waals surface area contributed by atoms with Gasteiger partial charge >= 0.3 is 5.97 Å². The number of carbonyl (C=O) groups excluding carboxylic acids is 1. The van der Waals surface area contributed by atoms with E-state index in [1.807, 2.05) is 19.0 Å². The number of amides is 1. The van der Waals surface area contributed by atoms with Crippen LogP contribution in [0, 0.1) is 45.8 Å². The van der Waals surface area contributed by atoms with E-state index in [4.69, 9.17) is 0 Å². The lowest BCUT2D eigenvalue weighted by atomic mass is 9.33. The molecule has 1 aliphatic heterocycles. The zero-order valence-corrected chi connectivity index (χ0v) is 29.3. The number of nitrogens with zero attached hydrogens (tertiary/aromatic N) is 1. The third kappa shape index (κ3) is 4.06. The third-order valence-corrected chi connectivity index (χ3v) is 16.2. The van der Waals surface area contributed by atoms with Gasteiger partial charge in [0.1, 0.15) is 0 Å². The van der Waals surface area contributed by atoms with Gasteiger partial charge in [0.25, 0.3) is 0 Å². The zero-order valence-electron chi connectivity index (χ0n) is 29.3. The Morgan fingerprint density at radius 2 is 1.58 bits per heavy atom. The van der Waals surface area contributed by atoms with E-state index in [1.54, 1.807) is 12.1 Å². The normalized spacial score (nSPS) is 48.1. The number of aromatic carboxylic acids is 1. The summed E-state index contributed by atoms with van der Waals surface area (Å²) in [4.78, 5) is 26.9. The Morgan fingerprint density at radius 3 is 2.22 bits per heavy atom. The van der Waals surface area contributed by atoms with Gasteiger partial charge in [0.15, 0.2) is 0 Å². The first-order chi connectivity index (χ1) is 21.1. The second-order valence-corrected chi connectivity index (χ2v) is 18.2. The van der Waals surface area contributed by atoms with Crippen molar-refractivity contribution in [3.05, 3.63) is 35.4 Å². The van der Waals surface area contributed by atoms with E-state index in [2.05, 4.69) is 64.3 Å². The molecule has 1 aromatic carbocycles. The van der Waals surface area contributed by atoms with E-state index in [-0.39, 0.29) is 38.8 Å². The van der Waals surface area contributed by atoms with Crippen LogP contribution in [-0.2, 0) is 4.79 Å². The van der Waals surface area contributed by atoms with Gasteiger partial charge in [0, 0.05) is 22.5 Å². The van der Waals surface area contributed by atoms with Crippen molar-refractivity contribution >= 4 is 11.9 Å².